The molecule has 1 aromatic carbocycles. The lowest BCUT2D eigenvalue weighted by atomic mass is 10.1. The van der Waals surface area contributed by atoms with E-state index in [1.165, 1.54) is 16.6 Å². The van der Waals surface area contributed by atoms with Gasteiger partial charge in [-0.1, -0.05) is 0 Å². The maximum absolute atomic E-state index is 9.08. The Morgan fingerprint density at radius 1 is 1.38 bits per heavy atom. The first kappa shape index (κ1) is 11.0. The van der Waals surface area contributed by atoms with Crippen LogP contribution in [0.5, 0.6) is 5.75 Å². The van der Waals surface area contributed by atoms with E-state index < -0.39 is 0 Å². The molecule has 0 bridgehead atoms. The van der Waals surface area contributed by atoms with Crippen LogP contribution >= 0.6 is 0 Å². The van der Waals surface area contributed by atoms with Gasteiger partial charge >= 0.3 is 0 Å². The van der Waals surface area contributed by atoms with Crippen LogP contribution < -0.4 is 4.74 Å². The highest BCUT2D eigenvalue weighted by atomic mass is 16.5. The van der Waals surface area contributed by atoms with Gasteiger partial charge in [-0.3, -0.25) is 0 Å². The predicted molar refractivity (Wildman–Crippen MR) is 65.0 cm³/mol. The maximum atomic E-state index is 9.08. The van der Waals surface area contributed by atoms with Crippen LogP contribution in [0.1, 0.15) is 11.3 Å². The van der Waals surface area contributed by atoms with Gasteiger partial charge in [0.25, 0.3) is 0 Å². The topological polar surface area (TPSA) is 34.4 Å². The van der Waals surface area contributed by atoms with Crippen LogP contribution in [-0.4, -0.2) is 23.4 Å². The second-order valence-corrected chi connectivity index (χ2v) is 3.98. The molecule has 0 atom stereocenters. The largest absolute Gasteiger partial charge is 0.497 e. The number of aliphatic hydroxyl groups excluding tert-OH is 1. The van der Waals surface area contributed by atoms with E-state index in [0.717, 1.165) is 11.3 Å². The van der Waals surface area contributed by atoms with E-state index in [1.807, 2.05) is 19.2 Å². The van der Waals surface area contributed by atoms with Gasteiger partial charge in [-0.15, -0.1) is 0 Å². The fraction of sp³-hybridized carbons (Fsp3) is 0.385. The summed E-state index contributed by atoms with van der Waals surface area (Å²) in [5.74, 6) is 0.864. The molecule has 0 aliphatic heterocycles. The first-order valence-electron chi connectivity index (χ1n) is 5.41. The molecule has 0 spiro atoms. The van der Waals surface area contributed by atoms with Gasteiger partial charge in [-0.25, -0.2) is 0 Å². The number of benzene rings is 1. The van der Waals surface area contributed by atoms with E-state index in [4.69, 9.17) is 9.84 Å². The Hall–Kier alpha value is -1.48. The monoisotopic (exact) mass is 219 g/mol. The SMILES string of the molecule is COc1ccc2c(CCO)c(C)n(C)c2c1. The Balaban J connectivity index is 2.69. The summed E-state index contributed by atoms with van der Waals surface area (Å²) in [5.41, 5.74) is 3.58. The summed E-state index contributed by atoms with van der Waals surface area (Å²) < 4.78 is 7.37. The fourth-order valence-electron chi connectivity index (χ4n) is 2.18. The molecule has 86 valence electrons. The Labute approximate surface area is 95.3 Å². The Morgan fingerprint density at radius 2 is 2.12 bits per heavy atom. The molecule has 1 aromatic heterocycles. The van der Waals surface area contributed by atoms with E-state index in [2.05, 4.69) is 17.6 Å². The second kappa shape index (κ2) is 4.18. The number of aryl methyl sites for hydroxylation is 1. The van der Waals surface area contributed by atoms with Crippen LogP contribution in [0, 0.1) is 6.92 Å². The zero-order valence-corrected chi connectivity index (χ0v) is 9.95. The number of hydrogen-bond acceptors (Lipinski definition) is 2. The molecule has 3 heteroatoms. The van der Waals surface area contributed by atoms with Crippen molar-refractivity contribution < 1.29 is 9.84 Å². The zero-order chi connectivity index (χ0) is 11.7. The first-order chi connectivity index (χ1) is 7.69. The van der Waals surface area contributed by atoms with Gasteiger partial charge in [-0.05, 0) is 31.0 Å². The second-order valence-electron chi connectivity index (χ2n) is 3.98. The molecular formula is C13H17NO2. The smallest absolute Gasteiger partial charge is 0.120 e. The van der Waals surface area contributed by atoms with Crippen molar-refractivity contribution in [1.29, 1.82) is 0 Å². The lowest BCUT2D eigenvalue weighted by Gasteiger charge is -2.01. The Kier molecular flexibility index (Phi) is 2.88. The van der Waals surface area contributed by atoms with Crippen molar-refractivity contribution in [2.75, 3.05) is 13.7 Å². The molecule has 0 amide bonds. The van der Waals surface area contributed by atoms with Crippen molar-refractivity contribution in [1.82, 2.24) is 4.57 Å². The standard InChI is InChI=1S/C13H17NO2/c1-9-11(6-7-15)12-5-4-10(16-3)8-13(12)14(9)2/h4-5,8,15H,6-7H2,1-3H3. The summed E-state index contributed by atoms with van der Waals surface area (Å²) in [6, 6.07) is 6.05. The van der Waals surface area contributed by atoms with Crippen LogP contribution in [0.2, 0.25) is 0 Å². The minimum atomic E-state index is 0.186. The van der Waals surface area contributed by atoms with E-state index in [1.54, 1.807) is 7.11 Å². The molecule has 0 aliphatic carbocycles. The summed E-state index contributed by atoms with van der Waals surface area (Å²) >= 11 is 0. The van der Waals surface area contributed by atoms with Crippen molar-refractivity contribution in [3.05, 3.63) is 29.5 Å². The van der Waals surface area contributed by atoms with Crippen LogP contribution in [0.15, 0.2) is 18.2 Å². The van der Waals surface area contributed by atoms with E-state index >= 15 is 0 Å². The summed E-state index contributed by atoms with van der Waals surface area (Å²) in [7, 11) is 3.71. The molecule has 0 fully saturated rings. The van der Waals surface area contributed by atoms with Gasteiger partial charge in [0, 0.05) is 30.8 Å². The molecule has 1 N–H and O–H groups in total. The van der Waals surface area contributed by atoms with E-state index in [-0.39, 0.29) is 6.61 Å². The average molecular weight is 219 g/mol. The molecule has 3 nitrogen and oxygen atoms in total. The third kappa shape index (κ3) is 1.57. The molecule has 0 unspecified atom stereocenters. The Morgan fingerprint density at radius 3 is 2.75 bits per heavy atom. The van der Waals surface area contributed by atoms with Crippen molar-refractivity contribution in [3.63, 3.8) is 0 Å². The molecule has 0 aliphatic rings. The highest BCUT2D eigenvalue weighted by molar-refractivity contribution is 5.86. The highest BCUT2D eigenvalue weighted by Crippen LogP contribution is 2.28. The summed E-state index contributed by atoms with van der Waals surface area (Å²) in [4.78, 5) is 0. The van der Waals surface area contributed by atoms with E-state index in [0.29, 0.717) is 6.42 Å². The highest BCUT2D eigenvalue weighted by Gasteiger charge is 2.11. The lowest BCUT2D eigenvalue weighted by Crippen LogP contribution is -1.95. The average Bonchev–Trinajstić information content (AvgIpc) is 2.54. The number of rotatable bonds is 3. The maximum Gasteiger partial charge on any atom is 0.120 e. The fourth-order valence-corrected chi connectivity index (χ4v) is 2.18. The Bertz CT molecular complexity index is 514. The van der Waals surface area contributed by atoms with Crippen molar-refractivity contribution in [2.45, 2.75) is 13.3 Å². The molecule has 1 heterocycles. The van der Waals surface area contributed by atoms with Gasteiger partial charge in [0.2, 0.25) is 0 Å². The number of nitrogens with zero attached hydrogens (tertiary/aromatic N) is 1. The van der Waals surface area contributed by atoms with Gasteiger partial charge in [0.15, 0.2) is 0 Å². The summed E-state index contributed by atoms with van der Waals surface area (Å²) in [6.45, 7) is 2.27. The van der Waals surface area contributed by atoms with Crippen LogP contribution in [-0.2, 0) is 13.5 Å². The number of aliphatic hydroxyl groups is 1. The number of hydrogen-bond donors (Lipinski definition) is 1. The first-order valence-corrected chi connectivity index (χ1v) is 5.41. The molecule has 0 radical (unpaired) electrons. The molecule has 0 saturated heterocycles. The van der Waals surface area contributed by atoms with Crippen molar-refractivity contribution in [2.24, 2.45) is 7.05 Å². The zero-order valence-electron chi connectivity index (χ0n) is 9.95. The lowest BCUT2D eigenvalue weighted by molar-refractivity contribution is 0.299. The minimum Gasteiger partial charge on any atom is -0.497 e. The van der Waals surface area contributed by atoms with Crippen LogP contribution in [0.4, 0.5) is 0 Å². The molecular weight excluding hydrogens is 202 g/mol. The predicted octanol–water partition coefficient (Wildman–Crippen LogP) is 2.03. The third-order valence-corrected chi connectivity index (χ3v) is 3.19. The molecule has 2 aromatic rings. The molecule has 0 saturated carbocycles. The molecule has 2 rings (SSSR count). The summed E-state index contributed by atoms with van der Waals surface area (Å²) in [5, 5.41) is 10.3. The van der Waals surface area contributed by atoms with Crippen molar-refractivity contribution in [3.8, 4) is 5.75 Å². The van der Waals surface area contributed by atoms with Gasteiger partial charge in [0.1, 0.15) is 5.75 Å². The number of methoxy groups -OCH3 is 1. The van der Waals surface area contributed by atoms with Gasteiger partial charge in [-0.2, -0.15) is 0 Å². The minimum absolute atomic E-state index is 0.186. The normalized spacial score (nSPS) is 11.0. The van der Waals surface area contributed by atoms with Crippen LogP contribution in [0.25, 0.3) is 10.9 Å². The number of fused-ring (bicyclic) bond motifs is 1. The van der Waals surface area contributed by atoms with Crippen molar-refractivity contribution >= 4 is 10.9 Å². The summed E-state index contributed by atoms with van der Waals surface area (Å²) in [6.07, 6.45) is 0.704. The third-order valence-electron chi connectivity index (χ3n) is 3.19. The number of aromatic nitrogens is 1. The number of ether oxygens (including phenoxy) is 1. The quantitative estimate of drug-likeness (QED) is 0.857. The van der Waals surface area contributed by atoms with Gasteiger partial charge in [0.05, 0.1) is 12.6 Å². The molecule has 16 heavy (non-hydrogen) atoms. The van der Waals surface area contributed by atoms with E-state index in [9.17, 15) is 0 Å². The van der Waals surface area contributed by atoms with Crippen LogP contribution in [0.3, 0.4) is 0 Å². The van der Waals surface area contributed by atoms with Gasteiger partial charge < -0.3 is 14.4 Å².